The van der Waals surface area contributed by atoms with Gasteiger partial charge in [0.1, 0.15) is 37.1 Å². The van der Waals surface area contributed by atoms with Crippen molar-refractivity contribution in [1.82, 2.24) is 0 Å². The van der Waals surface area contributed by atoms with Gasteiger partial charge in [0.15, 0.2) is 0 Å². The molecule has 3 N–H and O–H groups in total. The number of hydrogen-bond donors (Lipinski definition) is 3. The summed E-state index contributed by atoms with van der Waals surface area (Å²) in [6.45, 7) is 0.530. The number of carboxylic acids is 3. The first kappa shape index (κ1) is 26.7. The summed E-state index contributed by atoms with van der Waals surface area (Å²) < 4.78 is 17.8. The van der Waals surface area contributed by atoms with Crippen LogP contribution in [-0.2, 0) is 19.8 Å². The zero-order valence-electron chi connectivity index (χ0n) is 20.6. The summed E-state index contributed by atoms with van der Waals surface area (Å²) in [6.07, 6.45) is 0. The van der Waals surface area contributed by atoms with Crippen molar-refractivity contribution in [1.29, 1.82) is 0 Å². The van der Waals surface area contributed by atoms with Crippen LogP contribution >= 0.6 is 0 Å². The highest BCUT2D eigenvalue weighted by molar-refractivity contribution is 5.88. The fourth-order valence-electron chi connectivity index (χ4n) is 3.53. The quantitative estimate of drug-likeness (QED) is 0.217. The Hall–Kier alpha value is -5.31. The second-order valence-electron chi connectivity index (χ2n) is 8.51. The van der Waals surface area contributed by atoms with Gasteiger partial charge in [-0.25, -0.2) is 14.4 Å². The van der Waals surface area contributed by atoms with Crippen molar-refractivity contribution in [3.05, 3.63) is 124 Å². The molecule has 9 nitrogen and oxygen atoms in total. The molecule has 39 heavy (non-hydrogen) atoms. The molecule has 0 aliphatic carbocycles. The lowest BCUT2D eigenvalue weighted by molar-refractivity contribution is 0.0686. The van der Waals surface area contributed by atoms with E-state index in [1.54, 1.807) is 54.6 Å². The zero-order chi connectivity index (χ0) is 27.8. The minimum absolute atomic E-state index is 0.177. The monoisotopic (exact) mass is 528 g/mol. The standard InChI is InChI=1S/C30H24O9/c31-28(32)22-7-1-19(2-8-22)16-37-25-13-26(38-17-20-3-9-23(10-4-20)29(33)34)15-27(14-25)39-18-21-5-11-24(12-6-21)30(35)36/h1-15H,16-18H2,(H,31,32)(H,33,34)(H,35,36). The third-order valence-electron chi connectivity index (χ3n) is 5.67. The van der Waals surface area contributed by atoms with Gasteiger partial charge in [-0.2, -0.15) is 0 Å². The molecular formula is C30H24O9. The number of ether oxygens (including phenoxy) is 3. The molecule has 0 bridgehead atoms. The zero-order valence-corrected chi connectivity index (χ0v) is 20.6. The molecule has 198 valence electrons. The SMILES string of the molecule is O=C(O)c1ccc(COc2cc(OCc3ccc(C(=O)O)cc3)cc(OCc3ccc(C(=O)O)cc3)c2)cc1. The summed E-state index contributed by atoms with van der Waals surface area (Å²) in [4.78, 5) is 33.2. The molecule has 4 aromatic carbocycles. The van der Waals surface area contributed by atoms with Crippen LogP contribution in [0.5, 0.6) is 17.2 Å². The fraction of sp³-hybridized carbons (Fsp3) is 0.100. The van der Waals surface area contributed by atoms with Crippen molar-refractivity contribution < 1.29 is 43.9 Å². The van der Waals surface area contributed by atoms with E-state index >= 15 is 0 Å². The summed E-state index contributed by atoms with van der Waals surface area (Å²) in [5.74, 6) is -1.68. The van der Waals surface area contributed by atoms with Crippen molar-refractivity contribution in [2.45, 2.75) is 19.8 Å². The highest BCUT2D eigenvalue weighted by Gasteiger charge is 2.09. The Morgan fingerprint density at radius 2 is 0.667 bits per heavy atom. The van der Waals surface area contributed by atoms with Crippen molar-refractivity contribution in [2.24, 2.45) is 0 Å². The predicted octanol–water partition coefficient (Wildman–Crippen LogP) is 5.52. The van der Waals surface area contributed by atoms with Gasteiger partial charge < -0.3 is 29.5 Å². The van der Waals surface area contributed by atoms with Crippen LogP contribution in [0.1, 0.15) is 47.8 Å². The van der Waals surface area contributed by atoms with Crippen LogP contribution in [0.4, 0.5) is 0 Å². The van der Waals surface area contributed by atoms with E-state index in [2.05, 4.69) is 0 Å². The Bertz CT molecular complexity index is 1270. The Labute approximate surface area is 223 Å². The molecule has 0 heterocycles. The van der Waals surface area contributed by atoms with Gasteiger partial charge in [-0.05, 0) is 53.1 Å². The molecule has 4 rings (SSSR count). The maximum atomic E-state index is 11.1. The third-order valence-corrected chi connectivity index (χ3v) is 5.67. The normalized spacial score (nSPS) is 10.5. The van der Waals surface area contributed by atoms with Gasteiger partial charge in [-0.1, -0.05) is 36.4 Å². The largest absolute Gasteiger partial charge is 0.489 e. The average Bonchev–Trinajstić information content (AvgIpc) is 2.94. The molecule has 9 heteroatoms. The van der Waals surface area contributed by atoms with E-state index in [9.17, 15) is 14.4 Å². The summed E-state index contributed by atoms with van der Waals surface area (Å²) >= 11 is 0. The number of hydrogen-bond acceptors (Lipinski definition) is 6. The molecule has 0 aromatic heterocycles. The van der Waals surface area contributed by atoms with Crippen molar-refractivity contribution >= 4 is 17.9 Å². The fourth-order valence-corrected chi connectivity index (χ4v) is 3.53. The van der Waals surface area contributed by atoms with Crippen LogP contribution in [0.25, 0.3) is 0 Å². The predicted molar refractivity (Wildman–Crippen MR) is 140 cm³/mol. The van der Waals surface area contributed by atoms with E-state index in [1.165, 1.54) is 36.4 Å². The summed E-state index contributed by atoms with van der Waals surface area (Å²) in [5.41, 5.74) is 2.84. The Kier molecular flexibility index (Phi) is 8.43. The van der Waals surface area contributed by atoms with Crippen LogP contribution in [-0.4, -0.2) is 33.2 Å². The maximum absolute atomic E-state index is 11.1. The van der Waals surface area contributed by atoms with E-state index in [0.29, 0.717) is 17.2 Å². The lowest BCUT2D eigenvalue weighted by Crippen LogP contribution is -2.02. The van der Waals surface area contributed by atoms with Crippen LogP contribution in [0.15, 0.2) is 91.0 Å². The van der Waals surface area contributed by atoms with Gasteiger partial charge in [0.05, 0.1) is 16.7 Å². The van der Waals surface area contributed by atoms with Gasteiger partial charge in [-0.15, -0.1) is 0 Å². The molecule has 0 saturated heterocycles. The number of aromatic carboxylic acids is 3. The highest BCUT2D eigenvalue weighted by Crippen LogP contribution is 2.30. The molecule has 0 aliphatic heterocycles. The number of rotatable bonds is 12. The summed E-state index contributed by atoms with van der Waals surface area (Å²) in [6, 6.07) is 24.1. The van der Waals surface area contributed by atoms with Crippen molar-refractivity contribution in [3.8, 4) is 17.2 Å². The third kappa shape index (κ3) is 7.59. The van der Waals surface area contributed by atoms with Crippen molar-refractivity contribution in [2.75, 3.05) is 0 Å². The second-order valence-corrected chi connectivity index (χ2v) is 8.51. The van der Waals surface area contributed by atoms with E-state index in [4.69, 9.17) is 29.5 Å². The van der Waals surface area contributed by atoms with Gasteiger partial charge in [0.2, 0.25) is 0 Å². The first-order chi connectivity index (χ1) is 18.8. The van der Waals surface area contributed by atoms with Gasteiger partial charge >= 0.3 is 17.9 Å². The van der Waals surface area contributed by atoms with Crippen LogP contribution in [0.2, 0.25) is 0 Å². The van der Waals surface area contributed by atoms with Gasteiger partial charge in [-0.3, -0.25) is 0 Å². The highest BCUT2D eigenvalue weighted by atomic mass is 16.5. The minimum atomic E-state index is -1.01. The Morgan fingerprint density at radius 1 is 0.436 bits per heavy atom. The Morgan fingerprint density at radius 3 is 0.872 bits per heavy atom. The number of carbonyl (C=O) groups is 3. The average molecular weight is 529 g/mol. The molecule has 0 spiro atoms. The molecule has 0 atom stereocenters. The molecule has 0 unspecified atom stereocenters. The van der Waals surface area contributed by atoms with Crippen LogP contribution in [0, 0.1) is 0 Å². The van der Waals surface area contributed by atoms with E-state index in [-0.39, 0.29) is 36.5 Å². The topological polar surface area (TPSA) is 140 Å². The molecule has 0 radical (unpaired) electrons. The van der Waals surface area contributed by atoms with E-state index in [0.717, 1.165) is 16.7 Å². The van der Waals surface area contributed by atoms with E-state index < -0.39 is 17.9 Å². The summed E-state index contributed by atoms with van der Waals surface area (Å²) in [7, 11) is 0. The molecular weight excluding hydrogens is 504 g/mol. The van der Waals surface area contributed by atoms with Gasteiger partial charge in [0.25, 0.3) is 0 Å². The molecule has 0 aliphatic rings. The van der Waals surface area contributed by atoms with Crippen molar-refractivity contribution in [3.63, 3.8) is 0 Å². The smallest absolute Gasteiger partial charge is 0.335 e. The second kappa shape index (κ2) is 12.3. The lowest BCUT2D eigenvalue weighted by atomic mass is 10.1. The number of carboxylic acid groups (broad SMARTS) is 3. The first-order valence-corrected chi connectivity index (χ1v) is 11.8. The minimum Gasteiger partial charge on any atom is -0.489 e. The van der Waals surface area contributed by atoms with Gasteiger partial charge in [0, 0.05) is 18.2 Å². The Balaban J connectivity index is 1.48. The first-order valence-electron chi connectivity index (χ1n) is 11.8. The van der Waals surface area contributed by atoms with E-state index in [1.807, 2.05) is 0 Å². The molecule has 4 aromatic rings. The molecule has 0 fully saturated rings. The summed E-state index contributed by atoms with van der Waals surface area (Å²) in [5, 5.41) is 27.2. The molecule has 0 amide bonds. The maximum Gasteiger partial charge on any atom is 0.335 e. The van der Waals surface area contributed by atoms with Crippen LogP contribution < -0.4 is 14.2 Å². The molecule has 0 saturated carbocycles. The van der Waals surface area contributed by atoms with Crippen LogP contribution in [0.3, 0.4) is 0 Å². The number of benzene rings is 4. The lowest BCUT2D eigenvalue weighted by Gasteiger charge is -2.14.